The molecule has 0 saturated heterocycles. The summed E-state index contributed by atoms with van der Waals surface area (Å²) in [6.07, 6.45) is 0. The number of benzene rings is 1. The van der Waals surface area contributed by atoms with Gasteiger partial charge in [-0.2, -0.15) is 5.10 Å². The Bertz CT molecular complexity index is 681. The minimum absolute atomic E-state index is 0.296. The number of carboxylic acid groups (broad SMARTS) is 1. The first-order chi connectivity index (χ1) is 9.56. The predicted octanol–water partition coefficient (Wildman–Crippen LogP) is 2.56. The number of halogens is 1. The van der Waals surface area contributed by atoms with E-state index in [4.69, 9.17) is 11.6 Å². The fourth-order valence-corrected chi connectivity index (χ4v) is 2.84. The van der Waals surface area contributed by atoms with Crippen molar-refractivity contribution < 1.29 is 9.90 Å². The summed E-state index contributed by atoms with van der Waals surface area (Å²) in [5, 5.41) is 14.3. The maximum atomic E-state index is 11.4. The lowest BCUT2D eigenvalue weighted by Gasteiger charge is -2.18. The molecule has 0 amide bonds. The third kappa shape index (κ3) is 2.14. The van der Waals surface area contributed by atoms with Gasteiger partial charge in [-0.1, -0.05) is 23.7 Å². The van der Waals surface area contributed by atoms with Gasteiger partial charge in [-0.15, -0.1) is 0 Å². The van der Waals surface area contributed by atoms with Gasteiger partial charge in [0.25, 0.3) is 0 Å². The van der Waals surface area contributed by atoms with Crippen LogP contribution in [0, 0.1) is 6.92 Å². The number of carboxylic acids is 1. The van der Waals surface area contributed by atoms with E-state index in [-0.39, 0.29) is 0 Å². The molecular formula is C14H14ClN3O2. The van der Waals surface area contributed by atoms with Crippen molar-refractivity contribution in [2.75, 3.05) is 11.4 Å². The highest BCUT2D eigenvalue weighted by Gasteiger charge is 2.29. The molecule has 1 aromatic heterocycles. The van der Waals surface area contributed by atoms with Crippen LogP contribution in [0.3, 0.4) is 0 Å². The van der Waals surface area contributed by atoms with Crippen LogP contribution in [0.4, 0.5) is 5.82 Å². The van der Waals surface area contributed by atoms with Crippen molar-refractivity contribution in [2.45, 2.75) is 20.0 Å². The Balaban J connectivity index is 1.94. The van der Waals surface area contributed by atoms with E-state index >= 15 is 0 Å². The van der Waals surface area contributed by atoms with Crippen LogP contribution >= 0.6 is 11.6 Å². The lowest BCUT2D eigenvalue weighted by atomic mass is 10.2. The summed E-state index contributed by atoms with van der Waals surface area (Å²) in [5.74, 6) is -0.239. The first-order valence-electron chi connectivity index (χ1n) is 6.36. The number of rotatable bonds is 3. The molecule has 104 valence electrons. The summed E-state index contributed by atoms with van der Waals surface area (Å²) in [6, 6.07) is 7.60. The SMILES string of the molecule is Cc1nn2c(c1C(=O)O)N(Cc1cccc(Cl)c1)CC2. The van der Waals surface area contributed by atoms with Crippen molar-refractivity contribution >= 4 is 23.4 Å². The second-order valence-electron chi connectivity index (χ2n) is 4.86. The molecule has 6 heteroatoms. The van der Waals surface area contributed by atoms with E-state index in [0.29, 0.717) is 35.2 Å². The number of nitrogens with zero attached hydrogens (tertiary/aromatic N) is 3. The van der Waals surface area contributed by atoms with Crippen molar-refractivity contribution in [3.8, 4) is 0 Å². The van der Waals surface area contributed by atoms with Gasteiger partial charge in [-0.25, -0.2) is 9.48 Å². The fraction of sp³-hybridized carbons (Fsp3) is 0.286. The maximum Gasteiger partial charge on any atom is 0.341 e. The number of hydrogen-bond acceptors (Lipinski definition) is 3. The van der Waals surface area contributed by atoms with E-state index in [1.165, 1.54) is 0 Å². The van der Waals surface area contributed by atoms with Crippen molar-refractivity contribution in [3.05, 3.63) is 46.1 Å². The summed E-state index contributed by atoms with van der Waals surface area (Å²) >= 11 is 5.99. The van der Waals surface area contributed by atoms with Crippen LogP contribution in [-0.4, -0.2) is 27.4 Å². The first-order valence-corrected chi connectivity index (χ1v) is 6.74. The number of carbonyl (C=O) groups is 1. The maximum absolute atomic E-state index is 11.4. The summed E-state index contributed by atoms with van der Waals surface area (Å²) in [5.41, 5.74) is 1.91. The van der Waals surface area contributed by atoms with Gasteiger partial charge in [0.1, 0.15) is 11.4 Å². The Morgan fingerprint density at radius 2 is 2.25 bits per heavy atom. The van der Waals surface area contributed by atoms with Gasteiger partial charge in [0.05, 0.1) is 12.2 Å². The van der Waals surface area contributed by atoms with Crippen molar-refractivity contribution in [2.24, 2.45) is 0 Å². The molecule has 1 N–H and O–H groups in total. The fourth-order valence-electron chi connectivity index (χ4n) is 2.63. The number of aromatic nitrogens is 2. The van der Waals surface area contributed by atoms with Gasteiger partial charge in [0.15, 0.2) is 0 Å². The highest BCUT2D eigenvalue weighted by molar-refractivity contribution is 6.30. The van der Waals surface area contributed by atoms with Crippen LogP contribution in [0.25, 0.3) is 0 Å². The zero-order valence-corrected chi connectivity index (χ0v) is 11.8. The normalized spacial score (nSPS) is 13.6. The molecule has 0 unspecified atom stereocenters. The lowest BCUT2D eigenvalue weighted by molar-refractivity contribution is 0.0697. The van der Waals surface area contributed by atoms with Gasteiger partial charge >= 0.3 is 5.97 Å². The van der Waals surface area contributed by atoms with E-state index in [0.717, 1.165) is 12.1 Å². The minimum Gasteiger partial charge on any atom is -0.477 e. The second-order valence-corrected chi connectivity index (χ2v) is 5.30. The van der Waals surface area contributed by atoms with Gasteiger partial charge in [0.2, 0.25) is 0 Å². The Morgan fingerprint density at radius 3 is 2.95 bits per heavy atom. The van der Waals surface area contributed by atoms with Crippen molar-refractivity contribution in [1.82, 2.24) is 9.78 Å². The van der Waals surface area contributed by atoms with E-state index in [9.17, 15) is 9.90 Å². The van der Waals surface area contributed by atoms with Crippen LogP contribution in [-0.2, 0) is 13.1 Å². The number of fused-ring (bicyclic) bond motifs is 1. The Morgan fingerprint density at radius 1 is 1.45 bits per heavy atom. The molecule has 0 bridgehead atoms. The molecule has 5 nitrogen and oxygen atoms in total. The van der Waals surface area contributed by atoms with Gasteiger partial charge < -0.3 is 10.0 Å². The molecule has 1 aliphatic heterocycles. The van der Waals surface area contributed by atoms with Crippen LogP contribution < -0.4 is 4.90 Å². The van der Waals surface area contributed by atoms with E-state index in [2.05, 4.69) is 5.10 Å². The Hall–Kier alpha value is -2.01. The molecule has 1 aromatic carbocycles. The molecule has 2 aromatic rings. The third-order valence-corrected chi connectivity index (χ3v) is 3.69. The van der Waals surface area contributed by atoms with Gasteiger partial charge in [-0.3, -0.25) is 0 Å². The van der Waals surface area contributed by atoms with Gasteiger partial charge in [0, 0.05) is 18.1 Å². The molecule has 3 rings (SSSR count). The number of hydrogen-bond donors (Lipinski definition) is 1. The van der Waals surface area contributed by atoms with E-state index in [1.807, 2.05) is 29.2 Å². The zero-order valence-electron chi connectivity index (χ0n) is 11.0. The molecule has 0 radical (unpaired) electrons. The zero-order chi connectivity index (χ0) is 14.3. The topological polar surface area (TPSA) is 58.4 Å². The third-order valence-electron chi connectivity index (χ3n) is 3.46. The summed E-state index contributed by atoms with van der Waals surface area (Å²) in [7, 11) is 0. The first kappa shape index (κ1) is 13.0. The highest BCUT2D eigenvalue weighted by Crippen LogP contribution is 2.30. The molecule has 1 aliphatic rings. The molecule has 20 heavy (non-hydrogen) atoms. The number of aromatic carboxylic acids is 1. The van der Waals surface area contributed by atoms with Crippen LogP contribution in [0.5, 0.6) is 0 Å². The predicted molar refractivity (Wildman–Crippen MR) is 76.4 cm³/mol. The molecule has 0 spiro atoms. The van der Waals surface area contributed by atoms with Crippen LogP contribution in [0.1, 0.15) is 21.6 Å². The number of aryl methyl sites for hydroxylation is 1. The quantitative estimate of drug-likeness (QED) is 0.944. The van der Waals surface area contributed by atoms with Crippen molar-refractivity contribution in [1.29, 1.82) is 0 Å². The average molecular weight is 292 g/mol. The van der Waals surface area contributed by atoms with Crippen molar-refractivity contribution in [3.63, 3.8) is 0 Å². The molecule has 0 aliphatic carbocycles. The molecule has 2 heterocycles. The largest absolute Gasteiger partial charge is 0.477 e. The highest BCUT2D eigenvalue weighted by atomic mass is 35.5. The molecule has 0 fully saturated rings. The molecule has 0 atom stereocenters. The summed E-state index contributed by atoms with van der Waals surface area (Å²) < 4.78 is 1.77. The molecule has 0 saturated carbocycles. The standard InChI is InChI=1S/C14H14ClN3O2/c1-9-12(14(19)20)13-17(5-6-18(13)16-9)8-10-3-2-4-11(15)7-10/h2-4,7H,5-6,8H2,1H3,(H,19,20). The lowest BCUT2D eigenvalue weighted by Crippen LogP contribution is -2.21. The molecular weight excluding hydrogens is 278 g/mol. The average Bonchev–Trinajstić information content (AvgIpc) is 2.88. The monoisotopic (exact) mass is 291 g/mol. The van der Waals surface area contributed by atoms with E-state index in [1.54, 1.807) is 11.6 Å². The van der Waals surface area contributed by atoms with Gasteiger partial charge in [-0.05, 0) is 24.6 Å². The second kappa shape index (κ2) is 4.83. The minimum atomic E-state index is -0.929. The summed E-state index contributed by atoms with van der Waals surface area (Å²) in [6.45, 7) is 3.83. The smallest absolute Gasteiger partial charge is 0.341 e. The number of anilines is 1. The summed E-state index contributed by atoms with van der Waals surface area (Å²) in [4.78, 5) is 13.4. The van der Waals surface area contributed by atoms with E-state index < -0.39 is 5.97 Å². The Labute approximate surface area is 121 Å². The van der Waals surface area contributed by atoms with Crippen LogP contribution in [0.2, 0.25) is 5.02 Å². The Kier molecular flexibility index (Phi) is 3.14. The van der Waals surface area contributed by atoms with Crippen LogP contribution in [0.15, 0.2) is 24.3 Å².